The van der Waals surface area contributed by atoms with Gasteiger partial charge in [0.2, 0.25) is 11.7 Å². The topological polar surface area (TPSA) is 85.9 Å². The van der Waals surface area contributed by atoms with Gasteiger partial charge in [-0.1, -0.05) is 38.5 Å². The third kappa shape index (κ3) is 13.3. The second-order valence-corrected chi connectivity index (χ2v) is 7.16. The Kier molecular flexibility index (Phi) is 14.8. The number of rotatable bonds is 13. The lowest BCUT2D eigenvalue weighted by molar-refractivity contribution is -0.155. The van der Waals surface area contributed by atoms with E-state index in [1.54, 1.807) is 38.2 Å². The highest BCUT2D eigenvalue weighted by molar-refractivity contribution is 6.08. The number of ether oxygens (including phenoxy) is 2. The van der Waals surface area contributed by atoms with Gasteiger partial charge in [-0.15, -0.1) is 0 Å². The third-order valence-corrected chi connectivity index (χ3v) is 4.09. The first-order chi connectivity index (χ1) is 16.0. The fraction of sp³-hybridized carbons (Fsp3) is 0.440. The number of nitrogens with one attached hydrogen (secondary N) is 1. The molecule has 0 fully saturated rings. The van der Waals surface area contributed by atoms with Crippen LogP contribution in [-0.4, -0.2) is 31.6 Å². The summed E-state index contributed by atoms with van der Waals surface area (Å²) in [5.41, 5.74) is 6.52. The van der Waals surface area contributed by atoms with E-state index in [4.69, 9.17) is 15.2 Å². The zero-order valence-electron chi connectivity index (χ0n) is 20.8. The summed E-state index contributed by atoms with van der Waals surface area (Å²) in [6.07, 6.45) is 9.26. The summed E-state index contributed by atoms with van der Waals surface area (Å²) in [5.74, 6) is 0.0369. The van der Waals surface area contributed by atoms with Crippen LogP contribution in [0.1, 0.15) is 53.9 Å². The van der Waals surface area contributed by atoms with Crippen LogP contribution in [0, 0.1) is 0 Å². The van der Waals surface area contributed by atoms with Crippen LogP contribution in [0.4, 0.5) is 13.2 Å². The van der Waals surface area contributed by atoms with Gasteiger partial charge >= 0.3 is 6.18 Å². The molecule has 9 heteroatoms. The Morgan fingerprint density at radius 1 is 1.12 bits per heavy atom. The Labute approximate surface area is 200 Å². The molecule has 6 nitrogen and oxygen atoms in total. The minimum atomic E-state index is -4.51. The number of carbonyl (C=O) groups is 1. The predicted molar refractivity (Wildman–Crippen MR) is 131 cm³/mol. The Bertz CT molecular complexity index is 874. The quantitative estimate of drug-likeness (QED) is 0.111. The third-order valence-electron chi connectivity index (χ3n) is 4.09. The van der Waals surface area contributed by atoms with Crippen molar-refractivity contribution in [1.82, 2.24) is 5.32 Å². The lowest BCUT2D eigenvalue weighted by Crippen LogP contribution is -2.25. The molecule has 0 aromatic heterocycles. The fourth-order valence-electron chi connectivity index (χ4n) is 2.28. The first-order valence-electron chi connectivity index (χ1n) is 11.0. The monoisotopic (exact) mass is 483 g/mol. The van der Waals surface area contributed by atoms with E-state index < -0.39 is 18.6 Å². The molecule has 0 amide bonds. The first-order valence-corrected chi connectivity index (χ1v) is 11.0. The Morgan fingerprint density at radius 2 is 1.79 bits per heavy atom. The number of hydrogen-bond acceptors (Lipinski definition) is 6. The predicted octanol–water partition coefficient (Wildman–Crippen LogP) is 5.97. The van der Waals surface area contributed by atoms with Crippen molar-refractivity contribution in [1.29, 1.82) is 0 Å². The van der Waals surface area contributed by atoms with Gasteiger partial charge in [0, 0.05) is 5.70 Å². The molecule has 190 valence electrons. The van der Waals surface area contributed by atoms with E-state index in [1.807, 2.05) is 19.9 Å². The van der Waals surface area contributed by atoms with Crippen LogP contribution in [0.5, 0.6) is 0 Å². The molecule has 0 aliphatic heterocycles. The number of nitrogens with two attached hydrogens (primary N) is 1. The first kappa shape index (κ1) is 30.8. The largest absolute Gasteiger partial charge is 0.497 e. The maximum atomic E-state index is 13.0. The minimum absolute atomic E-state index is 0.0507. The van der Waals surface area contributed by atoms with Crippen LogP contribution in [0.15, 0.2) is 76.1 Å². The van der Waals surface area contributed by atoms with E-state index in [1.165, 1.54) is 26.2 Å². The second kappa shape index (κ2) is 16.4. The van der Waals surface area contributed by atoms with Crippen molar-refractivity contribution in [2.45, 2.75) is 60.1 Å². The van der Waals surface area contributed by atoms with Crippen molar-refractivity contribution in [3.05, 3.63) is 71.1 Å². The molecule has 0 aromatic rings. The Balaban J connectivity index is 5.88. The highest BCUT2D eigenvalue weighted by atomic mass is 19.4. The molecule has 0 aromatic carbocycles. The molecule has 0 bridgehead atoms. The molecule has 0 aliphatic rings. The molecule has 0 saturated carbocycles. The Hall–Kier alpha value is -3.23. The van der Waals surface area contributed by atoms with Gasteiger partial charge in [-0.2, -0.15) is 18.2 Å². The molecule has 0 aliphatic carbocycles. The van der Waals surface area contributed by atoms with E-state index in [0.717, 1.165) is 12.8 Å². The van der Waals surface area contributed by atoms with Crippen molar-refractivity contribution < 1.29 is 27.4 Å². The van der Waals surface area contributed by atoms with E-state index in [2.05, 4.69) is 10.3 Å². The normalized spacial score (nSPS) is 15.1. The number of alkyl halides is 3. The lowest BCUT2D eigenvalue weighted by atomic mass is 10.1. The maximum Gasteiger partial charge on any atom is 0.422 e. The summed E-state index contributed by atoms with van der Waals surface area (Å²) in [7, 11) is 1.53. The molecule has 34 heavy (non-hydrogen) atoms. The summed E-state index contributed by atoms with van der Waals surface area (Å²) < 4.78 is 48.0. The molecule has 3 N–H and O–H groups in total. The van der Waals surface area contributed by atoms with Gasteiger partial charge in [-0.25, -0.2) is 0 Å². The summed E-state index contributed by atoms with van der Waals surface area (Å²) >= 11 is 0. The molecule has 0 rings (SSSR count). The van der Waals surface area contributed by atoms with Crippen molar-refractivity contribution in [3.63, 3.8) is 0 Å². The highest BCUT2D eigenvalue weighted by Gasteiger charge is 2.29. The van der Waals surface area contributed by atoms with E-state index >= 15 is 0 Å². The van der Waals surface area contributed by atoms with E-state index in [9.17, 15) is 18.0 Å². The smallest absolute Gasteiger partial charge is 0.422 e. The van der Waals surface area contributed by atoms with Crippen molar-refractivity contribution in [2.24, 2.45) is 10.7 Å². The number of ketones is 1. The SMILES string of the molecule is C\C=C(/N=C(\C=C\CCC)OCC(F)(F)F)N/C(C(=O)/C(C)=C/C=C(\C=C\CC)OC)=C(\C)N. The summed E-state index contributed by atoms with van der Waals surface area (Å²) in [6.45, 7) is 7.20. The molecule has 0 atom stereocenters. The number of allylic oxidation sites excluding steroid dienone is 8. The van der Waals surface area contributed by atoms with Crippen LogP contribution in [0.2, 0.25) is 0 Å². The molecule has 0 saturated heterocycles. The van der Waals surface area contributed by atoms with Crippen LogP contribution >= 0.6 is 0 Å². The summed E-state index contributed by atoms with van der Waals surface area (Å²) in [5, 5.41) is 2.81. The van der Waals surface area contributed by atoms with Crippen molar-refractivity contribution in [3.8, 4) is 0 Å². The minimum Gasteiger partial charge on any atom is -0.497 e. The lowest BCUT2D eigenvalue weighted by Gasteiger charge is -2.14. The maximum absolute atomic E-state index is 13.0. The van der Waals surface area contributed by atoms with Crippen LogP contribution < -0.4 is 11.1 Å². The van der Waals surface area contributed by atoms with Crippen LogP contribution in [-0.2, 0) is 14.3 Å². The molecule has 0 heterocycles. The molecule has 0 spiro atoms. The van der Waals surface area contributed by atoms with Gasteiger partial charge in [0.25, 0.3) is 0 Å². The number of Topliss-reactive ketones (excluding diaryl/α,β-unsaturated/α-hetero) is 1. The van der Waals surface area contributed by atoms with E-state index in [-0.39, 0.29) is 23.1 Å². The standard InChI is InChI=1S/C25H36F3N3O3/c1-7-10-12-14-22(34-17-25(26,27)28)30-21(9-3)31-23(19(5)29)24(32)18(4)15-16-20(33-6)13-11-8-2/h9,11-16,31H,7-8,10,17,29H2,1-6H3/b13-11+,14-12+,18-15+,20-16+,21-9+,23-19+,30-22+. The zero-order chi connectivity index (χ0) is 26.1. The number of unbranched alkanes of at least 4 members (excludes halogenated alkanes) is 1. The molecular formula is C25H36F3N3O3. The number of nitrogens with zero attached hydrogens (tertiary/aromatic N) is 1. The zero-order valence-corrected chi connectivity index (χ0v) is 20.8. The number of carbonyl (C=O) groups excluding carboxylic acids is 1. The van der Waals surface area contributed by atoms with Gasteiger partial charge in [0.1, 0.15) is 17.3 Å². The van der Waals surface area contributed by atoms with Gasteiger partial charge in [0.15, 0.2) is 6.61 Å². The van der Waals surface area contributed by atoms with Crippen molar-refractivity contribution >= 4 is 11.7 Å². The number of hydrogen-bond donors (Lipinski definition) is 2. The number of aliphatic imine (C=N–C) groups is 1. The van der Waals surface area contributed by atoms with Gasteiger partial charge in [0.05, 0.1) is 7.11 Å². The fourth-order valence-corrected chi connectivity index (χ4v) is 2.28. The molecule has 0 radical (unpaired) electrons. The summed E-state index contributed by atoms with van der Waals surface area (Å²) in [4.78, 5) is 17.1. The Morgan fingerprint density at radius 3 is 2.29 bits per heavy atom. The molecule has 0 unspecified atom stereocenters. The highest BCUT2D eigenvalue weighted by Crippen LogP contribution is 2.16. The molecular weight excluding hydrogens is 447 g/mol. The van der Waals surface area contributed by atoms with Gasteiger partial charge in [-0.3, -0.25) is 4.79 Å². The second-order valence-electron chi connectivity index (χ2n) is 7.16. The van der Waals surface area contributed by atoms with E-state index in [0.29, 0.717) is 17.8 Å². The van der Waals surface area contributed by atoms with Gasteiger partial charge in [-0.05, 0) is 63.5 Å². The average molecular weight is 484 g/mol. The van der Waals surface area contributed by atoms with Gasteiger partial charge < -0.3 is 20.5 Å². The van der Waals surface area contributed by atoms with Crippen molar-refractivity contribution in [2.75, 3.05) is 13.7 Å². The number of methoxy groups -OCH3 is 1. The van der Waals surface area contributed by atoms with Crippen LogP contribution in [0.3, 0.4) is 0 Å². The number of halogens is 3. The van der Waals surface area contributed by atoms with Crippen LogP contribution in [0.25, 0.3) is 0 Å². The summed E-state index contributed by atoms with van der Waals surface area (Å²) in [6, 6.07) is 0. The average Bonchev–Trinajstić information content (AvgIpc) is 2.78.